The van der Waals surface area contributed by atoms with Crippen molar-refractivity contribution in [2.75, 3.05) is 0 Å². The molecule has 106 valence electrons. The maximum Gasteiger partial charge on any atom is 0.124 e. The number of nitriles is 1. The number of pyridine rings is 1. The highest BCUT2D eigenvalue weighted by atomic mass is 32.1. The lowest BCUT2D eigenvalue weighted by molar-refractivity contribution is 0.354. The number of hydrogen-bond donors (Lipinski definition) is 0. The summed E-state index contributed by atoms with van der Waals surface area (Å²) in [6, 6.07) is 4.81. The maximum absolute atomic E-state index is 9.12. The van der Waals surface area contributed by atoms with E-state index in [9.17, 15) is 0 Å². The molecule has 1 saturated carbocycles. The van der Waals surface area contributed by atoms with Crippen LogP contribution in [0.2, 0.25) is 0 Å². The fraction of sp³-hybridized carbons (Fsp3) is 0.438. The van der Waals surface area contributed by atoms with Crippen molar-refractivity contribution in [3.8, 4) is 6.07 Å². The van der Waals surface area contributed by atoms with Crippen LogP contribution in [0.1, 0.15) is 44.0 Å². The highest BCUT2D eigenvalue weighted by molar-refractivity contribution is 7.18. The van der Waals surface area contributed by atoms with Crippen LogP contribution in [0.4, 0.5) is 0 Å². The molecule has 3 aromatic rings. The van der Waals surface area contributed by atoms with Crippen molar-refractivity contribution >= 4 is 32.6 Å². The first-order valence-electron chi connectivity index (χ1n) is 7.48. The Balaban J connectivity index is 2.00. The molecule has 1 aliphatic carbocycles. The Labute approximate surface area is 127 Å². The summed E-state index contributed by atoms with van der Waals surface area (Å²) >= 11 is 1.72. The Bertz CT molecular complexity index is 833. The van der Waals surface area contributed by atoms with Crippen molar-refractivity contribution in [2.45, 2.75) is 44.6 Å². The van der Waals surface area contributed by atoms with E-state index in [4.69, 9.17) is 10.2 Å². The van der Waals surface area contributed by atoms with Gasteiger partial charge < -0.3 is 4.57 Å². The van der Waals surface area contributed by atoms with Gasteiger partial charge in [-0.15, -0.1) is 11.3 Å². The molecule has 4 rings (SSSR count). The van der Waals surface area contributed by atoms with Gasteiger partial charge in [0.15, 0.2) is 0 Å². The smallest absolute Gasteiger partial charge is 0.124 e. The second kappa shape index (κ2) is 5.12. The van der Waals surface area contributed by atoms with Crippen molar-refractivity contribution in [1.29, 1.82) is 5.26 Å². The van der Waals surface area contributed by atoms with Gasteiger partial charge in [-0.1, -0.05) is 19.3 Å². The summed E-state index contributed by atoms with van der Waals surface area (Å²) in [6.07, 6.45) is 8.48. The first kappa shape index (κ1) is 12.8. The Morgan fingerprint density at radius 1 is 1.29 bits per heavy atom. The molecule has 4 nitrogen and oxygen atoms in total. The number of hydrogen-bond acceptors (Lipinski definition) is 4. The third-order valence-corrected chi connectivity index (χ3v) is 5.28. The minimum atomic E-state index is 0.373. The molecule has 5 heteroatoms. The van der Waals surface area contributed by atoms with Crippen LogP contribution >= 0.6 is 11.3 Å². The van der Waals surface area contributed by atoms with Crippen LogP contribution in [0.15, 0.2) is 17.6 Å². The van der Waals surface area contributed by atoms with Crippen molar-refractivity contribution in [3.63, 3.8) is 0 Å². The van der Waals surface area contributed by atoms with Gasteiger partial charge in [-0.25, -0.2) is 4.98 Å². The third kappa shape index (κ3) is 2.02. The minimum absolute atomic E-state index is 0.373. The molecule has 0 aliphatic heterocycles. The fourth-order valence-corrected chi connectivity index (χ4v) is 4.34. The second-order valence-electron chi connectivity index (χ2n) is 5.65. The van der Waals surface area contributed by atoms with Gasteiger partial charge in [-0.05, 0) is 24.3 Å². The lowest BCUT2D eigenvalue weighted by Gasteiger charge is -2.25. The second-order valence-corrected chi connectivity index (χ2v) is 6.57. The Morgan fingerprint density at radius 2 is 2.14 bits per heavy atom. The van der Waals surface area contributed by atoms with E-state index in [2.05, 4.69) is 27.1 Å². The summed E-state index contributed by atoms with van der Waals surface area (Å²) in [7, 11) is 0. The molecule has 0 atom stereocenters. The molecule has 0 amide bonds. The van der Waals surface area contributed by atoms with Crippen molar-refractivity contribution in [2.24, 2.45) is 0 Å². The van der Waals surface area contributed by atoms with Gasteiger partial charge in [-0.2, -0.15) is 5.26 Å². The highest BCUT2D eigenvalue weighted by Crippen LogP contribution is 2.36. The lowest BCUT2D eigenvalue weighted by atomic mass is 9.95. The molecule has 0 N–H and O–H groups in total. The van der Waals surface area contributed by atoms with Gasteiger partial charge >= 0.3 is 0 Å². The van der Waals surface area contributed by atoms with Gasteiger partial charge in [0, 0.05) is 6.04 Å². The lowest BCUT2D eigenvalue weighted by Crippen LogP contribution is -2.15. The van der Waals surface area contributed by atoms with Gasteiger partial charge in [0.1, 0.15) is 11.3 Å². The molecule has 3 aromatic heterocycles. The maximum atomic E-state index is 9.12. The Kier molecular flexibility index (Phi) is 3.12. The standard InChI is InChI=1S/C16H16N4S/c17-8-6-14-19-13-10-18-12-7-9-21-16(12)15(13)20(14)11-4-2-1-3-5-11/h7,9-11H,1-6H2. The van der Waals surface area contributed by atoms with E-state index >= 15 is 0 Å². The first-order valence-corrected chi connectivity index (χ1v) is 8.36. The molecule has 1 fully saturated rings. The number of fused-ring (bicyclic) bond motifs is 3. The largest absolute Gasteiger partial charge is 0.323 e. The highest BCUT2D eigenvalue weighted by Gasteiger charge is 2.23. The van der Waals surface area contributed by atoms with Gasteiger partial charge in [-0.3, -0.25) is 4.98 Å². The van der Waals surface area contributed by atoms with E-state index in [0.717, 1.165) is 16.9 Å². The van der Waals surface area contributed by atoms with Crippen LogP contribution < -0.4 is 0 Å². The van der Waals surface area contributed by atoms with E-state index in [0.29, 0.717) is 12.5 Å². The van der Waals surface area contributed by atoms with Crippen LogP contribution in [-0.4, -0.2) is 14.5 Å². The Morgan fingerprint density at radius 3 is 2.95 bits per heavy atom. The summed E-state index contributed by atoms with van der Waals surface area (Å²) in [6.45, 7) is 0. The van der Waals surface area contributed by atoms with Crippen LogP contribution in [0.3, 0.4) is 0 Å². The zero-order chi connectivity index (χ0) is 14.2. The Hall–Kier alpha value is -1.93. The molecule has 3 heterocycles. The van der Waals surface area contributed by atoms with Gasteiger partial charge in [0.25, 0.3) is 0 Å². The molecule has 0 spiro atoms. The van der Waals surface area contributed by atoms with Crippen LogP contribution in [0, 0.1) is 11.3 Å². The quantitative estimate of drug-likeness (QED) is 0.711. The van der Waals surface area contributed by atoms with E-state index in [1.54, 1.807) is 11.3 Å². The van der Waals surface area contributed by atoms with E-state index < -0.39 is 0 Å². The number of rotatable bonds is 2. The van der Waals surface area contributed by atoms with E-state index in [1.165, 1.54) is 42.3 Å². The summed E-state index contributed by atoms with van der Waals surface area (Å²) in [5.41, 5.74) is 3.15. The summed E-state index contributed by atoms with van der Waals surface area (Å²) in [5.74, 6) is 0.905. The predicted molar refractivity (Wildman–Crippen MR) is 84.4 cm³/mol. The average molecular weight is 296 g/mol. The first-order chi connectivity index (χ1) is 10.4. The molecule has 0 bridgehead atoms. The summed E-state index contributed by atoms with van der Waals surface area (Å²) in [4.78, 5) is 9.17. The van der Waals surface area contributed by atoms with Gasteiger partial charge in [0.2, 0.25) is 0 Å². The van der Waals surface area contributed by atoms with E-state index in [1.807, 2.05) is 6.20 Å². The topological polar surface area (TPSA) is 54.5 Å². The zero-order valence-corrected chi connectivity index (χ0v) is 12.6. The molecule has 21 heavy (non-hydrogen) atoms. The zero-order valence-electron chi connectivity index (χ0n) is 11.7. The third-order valence-electron chi connectivity index (χ3n) is 4.37. The normalized spacial score (nSPS) is 16.5. The molecule has 0 radical (unpaired) electrons. The molecule has 1 aliphatic rings. The predicted octanol–water partition coefficient (Wildman–Crippen LogP) is 4.22. The number of nitrogens with zero attached hydrogens (tertiary/aromatic N) is 4. The monoisotopic (exact) mass is 296 g/mol. The van der Waals surface area contributed by atoms with Crippen molar-refractivity contribution < 1.29 is 0 Å². The molecule has 0 saturated heterocycles. The summed E-state index contributed by atoms with van der Waals surface area (Å²) < 4.78 is 3.55. The van der Waals surface area contributed by atoms with E-state index in [-0.39, 0.29) is 0 Å². The van der Waals surface area contributed by atoms with Gasteiger partial charge in [0.05, 0.1) is 34.4 Å². The molecule has 0 unspecified atom stereocenters. The SMILES string of the molecule is N#CCc1nc2cnc3ccsc3c2n1C1CCCCC1. The number of imidazole rings is 1. The summed E-state index contributed by atoms with van der Waals surface area (Å²) in [5, 5.41) is 11.2. The molecular formula is C16H16N4S. The molecule has 0 aromatic carbocycles. The average Bonchev–Trinajstić information content (AvgIpc) is 3.11. The number of aromatic nitrogens is 3. The minimum Gasteiger partial charge on any atom is -0.323 e. The number of thiophene rings is 1. The van der Waals surface area contributed by atoms with Crippen molar-refractivity contribution in [1.82, 2.24) is 14.5 Å². The van der Waals surface area contributed by atoms with Crippen molar-refractivity contribution in [3.05, 3.63) is 23.5 Å². The molecular weight excluding hydrogens is 280 g/mol. The van der Waals surface area contributed by atoms with Crippen LogP contribution in [-0.2, 0) is 6.42 Å². The van der Waals surface area contributed by atoms with Crippen LogP contribution in [0.25, 0.3) is 21.3 Å². The fourth-order valence-electron chi connectivity index (χ4n) is 3.45. The van der Waals surface area contributed by atoms with Crippen LogP contribution in [0.5, 0.6) is 0 Å².